The topological polar surface area (TPSA) is 41.8 Å². The molecule has 0 aromatic rings. The lowest BCUT2D eigenvalue weighted by molar-refractivity contribution is -0.111. The van der Waals surface area contributed by atoms with Crippen LogP contribution in [-0.4, -0.2) is 23.9 Å². The van der Waals surface area contributed by atoms with Crippen molar-refractivity contribution in [1.29, 1.82) is 0 Å². The number of halogens is 1. The molecule has 2 aliphatic rings. The van der Waals surface area contributed by atoms with Gasteiger partial charge in [0.2, 0.25) is 0 Å². The maximum absolute atomic E-state index is 13.0. The highest BCUT2D eigenvalue weighted by Crippen LogP contribution is 2.21. The van der Waals surface area contributed by atoms with Gasteiger partial charge in [-0.25, -0.2) is 9.38 Å². The second-order valence-corrected chi connectivity index (χ2v) is 2.89. The highest BCUT2D eigenvalue weighted by molar-refractivity contribution is 6.33. The Balaban J connectivity index is 2.48. The summed E-state index contributed by atoms with van der Waals surface area (Å²) in [5.74, 6) is -0.770. The number of carbonyl (C=O) groups excluding carboxylic acids is 1. The van der Waals surface area contributed by atoms with Crippen molar-refractivity contribution >= 4 is 17.8 Å². The van der Waals surface area contributed by atoms with E-state index in [0.717, 1.165) is 6.21 Å². The molecule has 0 N–H and O–H groups in total. The molecule has 3 nitrogen and oxygen atoms in total. The van der Waals surface area contributed by atoms with Gasteiger partial charge in [-0.2, -0.15) is 0 Å². The number of allylic oxidation sites excluding steroid dienone is 2. The van der Waals surface area contributed by atoms with Crippen molar-refractivity contribution in [1.82, 2.24) is 0 Å². The molecule has 13 heavy (non-hydrogen) atoms. The van der Waals surface area contributed by atoms with E-state index in [1.165, 1.54) is 6.08 Å². The fourth-order valence-corrected chi connectivity index (χ4v) is 1.30. The van der Waals surface area contributed by atoms with E-state index in [9.17, 15) is 9.18 Å². The van der Waals surface area contributed by atoms with Crippen molar-refractivity contribution in [3.05, 3.63) is 23.6 Å². The van der Waals surface area contributed by atoms with Crippen molar-refractivity contribution in [3.8, 4) is 0 Å². The molecular weight excluding hydrogens is 171 g/mol. The lowest BCUT2D eigenvalue weighted by Crippen LogP contribution is -2.26. The van der Waals surface area contributed by atoms with Crippen LogP contribution in [0.1, 0.15) is 6.92 Å². The van der Waals surface area contributed by atoms with Gasteiger partial charge in [0, 0.05) is 5.57 Å². The van der Waals surface area contributed by atoms with Gasteiger partial charge in [0.15, 0.2) is 0 Å². The quantitative estimate of drug-likeness (QED) is 0.549. The number of amides is 1. The first-order valence-electron chi connectivity index (χ1n) is 3.89. The third-order valence-corrected chi connectivity index (χ3v) is 2.02. The van der Waals surface area contributed by atoms with Gasteiger partial charge in [-0.05, 0) is 13.0 Å². The van der Waals surface area contributed by atoms with E-state index in [4.69, 9.17) is 0 Å². The smallest absolute Gasteiger partial charge is 0.273 e. The van der Waals surface area contributed by atoms with Crippen molar-refractivity contribution in [3.63, 3.8) is 0 Å². The monoisotopic (exact) mass is 178 g/mol. The number of carbonyl (C=O) groups is 1. The van der Waals surface area contributed by atoms with Gasteiger partial charge in [-0.3, -0.25) is 9.79 Å². The van der Waals surface area contributed by atoms with E-state index in [-0.39, 0.29) is 11.9 Å². The summed E-state index contributed by atoms with van der Waals surface area (Å²) >= 11 is 0. The van der Waals surface area contributed by atoms with Crippen LogP contribution in [0.15, 0.2) is 33.5 Å². The van der Waals surface area contributed by atoms with Crippen LogP contribution in [0.2, 0.25) is 0 Å². The number of rotatable bonds is 0. The molecule has 0 fully saturated rings. The van der Waals surface area contributed by atoms with Crippen LogP contribution in [0.5, 0.6) is 0 Å². The van der Waals surface area contributed by atoms with E-state index in [1.807, 2.05) is 0 Å². The predicted octanol–water partition coefficient (Wildman–Crippen LogP) is 1.22. The van der Waals surface area contributed by atoms with Crippen molar-refractivity contribution in [2.45, 2.75) is 13.0 Å². The molecule has 4 heteroatoms. The summed E-state index contributed by atoms with van der Waals surface area (Å²) in [6.07, 6.45) is 4.10. The van der Waals surface area contributed by atoms with Crippen molar-refractivity contribution < 1.29 is 9.18 Å². The normalized spacial score (nSPS) is 26.2. The fourth-order valence-electron chi connectivity index (χ4n) is 1.30. The van der Waals surface area contributed by atoms with Crippen LogP contribution in [0.25, 0.3) is 0 Å². The summed E-state index contributed by atoms with van der Waals surface area (Å²) in [5, 5.41) is 0. The van der Waals surface area contributed by atoms with Crippen LogP contribution < -0.4 is 0 Å². The molecule has 2 rings (SSSR count). The van der Waals surface area contributed by atoms with E-state index in [2.05, 4.69) is 9.98 Å². The highest BCUT2D eigenvalue weighted by atomic mass is 19.1. The number of aliphatic imine (C=N–C) groups is 2. The molecule has 1 atom stereocenters. The maximum atomic E-state index is 13.0. The Morgan fingerprint density at radius 1 is 1.54 bits per heavy atom. The van der Waals surface area contributed by atoms with E-state index < -0.39 is 5.91 Å². The molecular formula is C9H7FN2O. The zero-order valence-corrected chi connectivity index (χ0v) is 6.99. The Morgan fingerprint density at radius 3 is 3.08 bits per heavy atom. The summed E-state index contributed by atoms with van der Waals surface area (Å²) in [6.45, 7) is 1.60. The second-order valence-electron chi connectivity index (χ2n) is 2.89. The molecule has 1 aliphatic heterocycles. The molecule has 0 aromatic carbocycles. The SMILES string of the molecule is CC1=C(F)C=CC2N=CC(=O)N=C12. The first-order chi connectivity index (χ1) is 6.18. The first kappa shape index (κ1) is 8.04. The summed E-state index contributed by atoms with van der Waals surface area (Å²) in [5.41, 5.74) is 0.824. The van der Waals surface area contributed by atoms with Crippen molar-refractivity contribution in [2.24, 2.45) is 9.98 Å². The Morgan fingerprint density at radius 2 is 2.31 bits per heavy atom. The number of hydrogen-bond donors (Lipinski definition) is 0. The minimum Gasteiger partial charge on any atom is -0.273 e. The van der Waals surface area contributed by atoms with Crippen molar-refractivity contribution in [2.75, 3.05) is 0 Å². The van der Waals surface area contributed by atoms with E-state index in [1.54, 1.807) is 13.0 Å². The van der Waals surface area contributed by atoms with Gasteiger partial charge in [0.05, 0.1) is 11.9 Å². The molecule has 66 valence electrons. The van der Waals surface area contributed by atoms with Crippen LogP contribution in [-0.2, 0) is 4.79 Å². The number of fused-ring (bicyclic) bond motifs is 1. The first-order valence-corrected chi connectivity index (χ1v) is 3.89. The molecule has 0 aromatic heterocycles. The molecule has 1 heterocycles. The van der Waals surface area contributed by atoms with Gasteiger partial charge < -0.3 is 0 Å². The molecule has 0 spiro atoms. The van der Waals surface area contributed by atoms with Gasteiger partial charge in [0.25, 0.3) is 5.91 Å². The third kappa shape index (κ3) is 1.24. The lowest BCUT2D eigenvalue weighted by atomic mass is 9.98. The summed E-state index contributed by atoms with van der Waals surface area (Å²) in [4.78, 5) is 18.5. The van der Waals surface area contributed by atoms with E-state index in [0.29, 0.717) is 11.3 Å². The van der Waals surface area contributed by atoms with Crippen LogP contribution in [0, 0.1) is 0 Å². The van der Waals surface area contributed by atoms with Gasteiger partial charge in [-0.15, -0.1) is 0 Å². The molecule has 0 saturated carbocycles. The Hall–Kier alpha value is -1.58. The van der Waals surface area contributed by atoms with Crippen LogP contribution >= 0.6 is 0 Å². The average molecular weight is 178 g/mol. The van der Waals surface area contributed by atoms with Crippen LogP contribution in [0.4, 0.5) is 4.39 Å². The molecule has 1 aliphatic carbocycles. The molecule has 1 amide bonds. The largest absolute Gasteiger partial charge is 0.288 e. The summed E-state index contributed by atoms with van der Waals surface area (Å²) in [7, 11) is 0. The molecule has 1 unspecified atom stereocenters. The Kier molecular flexibility index (Phi) is 1.69. The van der Waals surface area contributed by atoms with Gasteiger partial charge in [0.1, 0.15) is 11.9 Å². The summed E-state index contributed by atoms with van der Waals surface area (Å²) < 4.78 is 13.0. The predicted molar refractivity (Wildman–Crippen MR) is 47.7 cm³/mol. The average Bonchev–Trinajstić information content (AvgIpc) is 2.12. The maximum Gasteiger partial charge on any atom is 0.288 e. The van der Waals surface area contributed by atoms with Gasteiger partial charge >= 0.3 is 0 Å². The zero-order chi connectivity index (χ0) is 9.42. The fraction of sp³-hybridized carbons (Fsp3) is 0.222. The minimum absolute atomic E-state index is 0.280. The third-order valence-electron chi connectivity index (χ3n) is 2.02. The number of nitrogens with zero attached hydrogens (tertiary/aromatic N) is 2. The van der Waals surface area contributed by atoms with E-state index >= 15 is 0 Å². The Labute approximate surface area is 74.4 Å². The van der Waals surface area contributed by atoms with Gasteiger partial charge in [-0.1, -0.05) is 6.08 Å². The lowest BCUT2D eigenvalue weighted by Gasteiger charge is -2.18. The standard InChI is InChI=1S/C9H7FN2O/c1-5-6(10)2-3-7-9(5)12-8(13)4-11-7/h2-4,7H,1H3. The summed E-state index contributed by atoms with van der Waals surface area (Å²) in [6, 6.07) is -0.280. The molecule has 0 bridgehead atoms. The second kappa shape index (κ2) is 2.73. The zero-order valence-electron chi connectivity index (χ0n) is 6.99. The number of hydrogen-bond acceptors (Lipinski definition) is 2. The minimum atomic E-state index is -0.422. The Bertz CT molecular complexity index is 390. The highest BCUT2D eigenvalue weighted by Gasteiger charge is 2.23. The molecule has 0 radical (unpaired) electrons. The van der Waals surface area contributed by atoms with Crippen LogP contribution in [0.3, 0.4) is 0 Å². The molecule has 0 saturated heterocycles.